The van der Waals surface area contributed by atoms with Crippen LogP contribution in [0.4, 0.5) is 4.39 Å². The van der Waals surface area contributed by atoms with Crippen molar-refractivity contribution in [1.29, 1.82) is 0 Å². The number of hydrogen-bond acceptors (Lipinski definition) is 5. The Labute approximate surface area is 253 Å². The second kappa shape index (κ2) is 13.8. The predicted octanol–water partition coefficient (Wildman–Crippen LogP) is 4.01. The third kappa shape index (κ3) is 8.28. The molecular weight excluding hydrogens is 567 g/mol. The number of hydrogen-bond donors (Lipinski definition) is 2. The van der Waals surface area contributed by atoms with Crippen LogP contribution in [0, 0.1) is 5.82 Å². The topological polar surface area (TPSA) is 98.8 Å². The van der Waals surface area contributed by atoms with Gasteiger partial charge in [-0.15, -0.1) is 0 Å². The Morgan fingerprint density at radius 3 is 2.19 bits per heavy atom. The van der Waals surface area contributed by atoms with E-state index in [9.17, 15) is 22.4 Å². The van der Waals surface area contributed by atoms with E-state index < -0.39 is 16.1 Å². The molecule has 0 radical (unpaired) electrons. The van der Waals surface area contributed by atoms with Crippen molar-refractivity contribution in [3.63, 3.8) is 0 Å². The fourth-order valence-corrected chi connectivity index (χ4v) is 6.49. The molecule has 1 saturated carbocycles. The van der Waals surface area contributed by atoms with Crippen molar-refractivity contribution in [2.45, 2.75) is 43.7 Å². The molecular formula is C33H39FN4O4S. The molecule has 5 rings (SSSR count). The van der Waals surface area contributed by atoms with Gasteiger partial charge < -0.3 is 15.5 Å². The molecule has 1 aliphatic carbocycles. The first-order chi connectivity index (χ1) is 20.7. The summed E-state index contributed by atoms with van der Waals surface area (Å²) >= 11 is 0. The highest BCUT2D eigenvalue weighted by Gasteiger charge is 2.37. The number of nitrogens with one attached hydrogen (secondary N) is 2. The minimum Gasteiger partial charge on any atom is -0.340 e. The third-order valence-electron chi connectivity index (χ3n) is 8.29. The predicted molar refractivity (Wildman–Crippen MR) is 166 cm³/mol. The van der Waals surface area contributed by atoms with Crippen LogP contribution in [0.5, 0.6) is 0 Å². The molecule has 8 nitrogen and oxygen atoms in total. The van der Waals surface area contributed by atoms with Crippen LogP contribution in [-0.2, 0) is 14.8 Å². The molecule has 2 amide bonds. The van der Waals surface area contributed by atoms with E-state index in [0.717, 1.165) is 42.5 Å². The quantitative estimate of drug-likeness (QED) is 0.304. The molecule has 2 N–H and O–H groups in total. The summed E-state index contributed by atoms with van der Waals surface area (Å²) in [7, 11) is -3.32. The zero-order chi connectivity index (χ0) is 30.4. The average molecular weight is 607 g/mol. The van der Waals surface area contributed by atoms with Gasteiger partial charge in [-0.05, 0) is 73.2 Å². The molecule has 228 valence electrons. The molecule has 2 fully saturated rings. The molecule has 1 aliphatic heterocycles. The second-order valence-electron chi connectivity index (χ2n) is 11.4. The van der Waals surface area contributed by atoms with E-state index in [-0.39, 0.29) is 43.8 Å². The van der Waals surface area contributed by atoms with Gasteiger partial charge in [0.2, 0.25) is 15.9 Å². The molecule has 0 unspecified atom stereocenters. The Morgan fingerprint density at radius 2 is 1.53 bits per heavy atom. The van der Waals surface area contributed by atoms with Crippen LogP contribution in [0.2, 0.25) is 0 Å². The van der Waals surface area contributed by atoms with E-state index >= 15 is 0 Å². The van der Waals surface area contributed by atoms with Crippen LogP contribution in [-0.4, -0.2) is 80.5 Å². The Balaban J connectivity index is 1.16. The summed E-state index contributed by atoms with van der Waals surface area (Å²) in [5.41, 5.74) is 3.67. The fourth-order valence-electron chi connectivity index (χ4n) is 5.66. The number of sulfonamides is 1. The molecule has 10 heteroatoms. The number of rotatable bonds is 12. The summed E-state index contributed by atoms with van der Waals surface area (Å²) in [6.45, 7) is 1.85. The van der Waals surface area contributed by atoms with Gasteiger partial charge in [0.25, 0.3) is 5.91 Å². The maximum atomic E-state index is 13.6. The molecule has 1 saturated heterocycles. The lowest BCUT2D eigenvalue weighted by atomic mass is 10.0. The van der Waals surface area contributed by atoms with Crippen molar-refractivity contribution >= 4 is 21.8 Å². The van der Waals surface area contributed by atoms with Crippen molar-refractivity contribution in [3.05, 3.63) is 95.8 Å². The largest absolute Gasteiger partial charge is 0.340 e. The van der Waals surface area contributed by atoms with Gasteiger partial charge in [-0.2, -0.15) is 4.31 Å². The van der Waals surface area contributed by atoms with E-state index in [2.05, 4.69) is 10.6 Å². The highest BCUT2D eigenvalue weighted by molar-refractivity contribution is 7.88. The first-order valence-corrected chi connectivity index (χ1v) is 16.7. The van der Waals surface area contributed by atoms with Gasteiger partial charge in [0.1, 0.15) is 11.9 Å². The summed E-state index contributed by atoms with van der Waals surface area (Å²) in [5, 5.41) is 6.51. The summed E-state index contributed by atoms with van der Waals surface area (Å²) in [4.78, 5) is 28.5. The molecule has 43 heavy (non-hydrogen) atoms. The average Bonchev–Trinajstić information content (AvgIpc) is 3.80. The number of carbonyl (C=O) groups is 2. The lowest BCUT2D eigenvalue weighted by Crippen LogP contribution is -2.55. The smallest absolute Gasteiger partial charge is 0.251 e. The lowest BCUT2D eigenvalue weighted by molar-refractivity contribution is -0.134. The van der Waals surface area contributed by atoms with Crippen molar-refractivity contribution in [2.75, 3.05) is 39.0 Å². The highest BCUT2D eigenvalue weighted by Crippen LogP contribution is 2.40. The van der Waals surface area contributed by atoms with E-state index in [4.69, 9.17) is 0 Å². The number of carbonyl (C=O) groups excluding carboxylic acids is 2. The molecule has 0 aromatic heterocycles. The Bertz CT molecular complexity index is 1490. The normalized spacial score (nSPS) is 19.5. The van der Waals surface area contributed by atoms with Crippen LogP contribution in [0.15, 0.2) is 78.9 Å². The molecule has 3 atom stereocenters. The van der Waals surface area contributed by atoms with Gasteiger partial charge in [0.05, 0.1) is 6.26 Å². The van der Waals surface area contributed by atoms with Crippen molar-refractivity contribution < 1.29 is 22.4 Å². The van der Waals surface area contributed by atoms with Gasteiger partial charge in [-0.3, -0.25) is 9.59 Å². The first-order valence-electron chi connectivity index (χ1n) is 14.9. The molecule has 0 bridgehead atoms. The third-order valence-corrected chi connectivity index (χ3v) is 9.59. The lowest BCUT2D eigenvalue weighted by Gasteiger charge is -2.35. The number of halogens is 1. The minimum absolute atomic E-state index is 0.186. The Hall–Kier alpha value is -3.60. The van der Waals surface area contributed by atoms with Gasteiger partial charge in [-0.25, -0.2) is 12.8 Å². The zero-order valence-electron chi connectivity index (χ0n) is 24.4. The standard InChI is InChI=1S/C33H39FN4O4S/c1-43(41,42)38-21-19-37(20-22-38)33(40)30(9-5-6-18-35-31-23-29(31)26-14-16-28(34)17-15-26)36-32(39)27-12-10-25(11-13-27)24-7-3-2-4-8-24/h2-4,7-8,10-17,29-31,35H,5-6,9,18-23H2,1H3,(H,36,39)/t29-,30-,31+/m0/s1. The van der Waals surface area contributed by atoms with Crippen LogP contribution in [0.1, 0.15) is 47.5 Å². The number of amides is 2. The van der Waals surface area contributed by atoms with Crippen molar-refractivity contribution in [3.8, 4) is 11.1 Å². The number of benzene rings is 3. The van der Waals surface area contributed by atoms with Crippen LogP contribution >= 0.6 is 0 Å². The van der Waals surface area contributed by atoms with E-state index in [1.165, 1.54) is 22.7 Å². The molecule has 3 aromatic rings. The van der Waals surface area contributed by atoms with E-state index in [1.54, 1.807) is 17.0 Å². The van der Waals surface area contributed by atoms with Crippen LogP contribution in [0.25, 0.3) is 11.1 Å². The number of unbranched alkanes of at least 4 members (excludes halogenated alkanes) is 1. The second-order valence-corrected chi connectivity index (χ2v) is 13.4. The Morgan fingerprint density at radius 1 is 0.884 bits per heavy atom. The maximum Gasteiger partial charge on any atom is 0.251 e. The molecule has 2 aliphatic rings. The zero-order valence-corrected chi connectivity index (χ0v) is 25.2. The highest BCUT2D eigenvalue weighted by atomic mass is 32.2. The molecule has 3 aromatic carbocycles. The molecule has 0 spiro atoms. The van der Waals surface area contributed by atoms with Crippen molar-refractivity contribution in [1.82, 2.24) is 19.8 Å². The van der Waals surface area contributed by atoms with Gasteiger partial charge >= 0.3 is 0 Å². The monoisotopic (exact) mass is 606 g/mol. The maximum absolute atomic E-state index is 13.6. The summed E-state index contributed by atoms with van der Waals surface area (Å²) < 4.78 is 38.5. The van der Waals surface area contributed by atoms with E-state index in [0.29, 0.717) is 23.9 Å². The van der Waals surface area contributed by atoms with Gasteiger partial charge in [-0.1, -0.05) is 54.6 Å². The Kier molecular flexibility index (Phi) is 9.90. The van der Waals surface area contributed by atoms with Crippen LogP contribution < -0.4 is 10.6 Å². The summed E-state index contributed by atoms with van der Waals surface area (Å²) in [5.74, 6) is -0.334. The summed E-state index contributed by atoms with van der Waals surface area (Å²) in [6, 6.07) is 23.6. The van der Waals surface area contributed by atoms with Crippen LogP contribution in [0.3, 0.4) is 0 Å². The fraction of sp³-hybridized carbons (Fsp3) is 0.394. The number of nitrogens with zero attached hydrogens (tertiary/aromatic N) is 2. The van der Waals surface area contributed by atoms with Gasteiger partial charge in [0, 0.05) is 43.7 Å². The number of piperazine rings is 1. The molecule has 1 heterocycles. The first kappa shape index (κ1) is 30.8. The van der Waals surface area contributed by atoms with E-state index in [1.807, 2.05) is 54.6 Å². The van der Waals surface area contributed by atoms with Gasteiger partial charge in [0.15, 0.2) is 0 Å². The summed E-state index contributed by atoms with van der Waals surface area (Å²) in [6.07, 6.45) is 4.24. The SMILES string of the molecule is CS(=O)(=O)N1CCN(C(=O)[C@H](CCCCN[C@@H]2C[C@H]2c2ccc(F)cc2)NC(=O)c2ccc(-c3ccccc3)cc2)CC1. The van der Waals surface area contributed by atoms with Crippen molar-refractivity contribution in [2.24, 2.45) is 0 Å². The minimum atomic E-state index is -3.32.